The quantitative estimate of drug-likeness (QED) is 0.889. The first-order chi connectivity index (χ1) is 12.5. The number of hydrogen-bond acceptors (Lipinski definition) is 6. The summed E-state index contributed by atoms with van der Waals surface area (Å²) in [6.45, 7) is 2.65. The molecule has 0 radical (unpaired) electrons. The molecule has 26 heavy (non-hydrogen) atoms. The van der Waals surface area contributed by atoms with Crippen LogP contribution in [-0.4, -0.2) is 46.7 Å². The first kappa shape index (κ1) is 16.8. The van der Waals surface area contributed by atoms with Crippen LogP contribution >= 0.6 is 11.3 Å². The average Bonchev–Trinajstić information content (AvgIpc) is 3.29. The third kappa shape index (κ3) is 2.90. The molecule has 1 aromatic heterocycles. The number of benzene rings is 1. The summed E-state index contributed by atoms with van der Waals surface area (Å²) in [4.78, 5) is 30.3. The molecule has 1 N–H and O–H groups in total. The second-order valence-electron chi connectivity index (χ2n) is 6.80. The Morgan fingerprint density at radius 1 is 1.31 bits per heavy atom. The molecule has 0 saturated carbocycles. The van der Waals surface area contributed by atoms with E-state index in [1.165, 1.54) is 11.3 Å². The Balaban J connectivity index is 1.54. The fourth-order valence-electron chi connectivity index (χ4n) is 3.28. The molecule has 2 aliphatic heterocycles. The molecule has 1 atom stereocenters. The summed E-state index contributed by atoms with van der Waals surface area (Å²) in [5, 5.41) is 11.9. The number of aromatic nitrogens is 1. The molecule has 2 aliphatic rings. The zero-order valence-electron chi connectivity index (χ0n) is 14.2. The van der Waals surface area contributed by atoms with E-state index in [1.54, 1.807) is 17.2 Å². The van der Waals surface area contributed by atoms with Gasteiger partial charge in [0.2, 0.25) is 6.79 Å². The molecule has 1 amide bonds. The molecule has 7 nitrogen and oxygen atoms in total. The van der Waals surface area contributed by atoms with Gasteiger partial charge in [0.25, 0.3) is 5.91 Å². The first-order valence-electron chi connectivity index (χ1n) is 8.34. The number of amides is 1. The van der Waals surface area contributed by atoms with Crippen molar-refractivity contribution in [3.63, 3.8) is 0 Å². The van der Waals surface area contributed by atoms with Gasteiger partial charge in [-0.3, -0.25) is 9.59 Å². The summed E-state index contributed by atoms with van der Waals surface area (Å²) < 4.78 is 10.7. The third-order valence-electron chi connectivity index (χ3n) is 4.84. The summed E-state index contributed by atoms with van der Waals surface area (Å²) in [6, 6.07) is 5.55. The van der Waals surface area contributed by atoms with Crippen molar-refractivity contribution in [3.05, 3.63) is 29.3 Å². The number of rotatable bonds is 3. The van der Waals surface area contributed by atoms with Crippen LogP contribution in [0.3, 0.4) is 0 Å². The first-order valence-corrected chi connectivity index (χ1v) is 9.22. The van der Waals surface area contributed by atoms with E-state index in [1.807, 2.05) is 18.2 Å². The van der Waals surface area contributed by atoms with Gasteiger partial charge in [0.05, 0.1) is 5.41 Å². The molecule has 0 aliphatic carbocycles. The number of ether oxygens (including phenoxy) is 2. The topological polar surface area (TPSA) is 89.0 Å². The van der Waals surface area contributed by atoms with Gasteiger partial charge in [-0.15, -0.1) is 11.3 Å². The summed E-state index contributed by atoms with van der Waals surface area (Å²) in [5.41, 5.74) is 0.300. The van der Waals surface area contributed by atoms with Gasteiger partial charge in [0.15, 0.2) is 11.5 Å². The summed E-state index contributed by atoms with van der Waals surface area (Å²) in [6.07, 6.45) is 1.25. The molecular weight excluding hydrogens is 356 g/mol. The Labute approximate surface area is 154 Å². The molecule has 1 unspecified atom stereocenters. The largest absolute Gasteiger partial charge is 0.481 e. The lowest BCUT2D eigenvalue weighted by Gasteiger charge is -2.37. The normalized spacial score (nSPS) is 21.7. The summed E-state index contributed by atoms with van der Waals surface area (Å²) in [5.74, 6) is 0.274. The summed E-state index contributed by atoms with van der Waals surface area (Å²) in [7, 11) is 0. The van der Waals surface area contributed by atoms with E-state index in [0.29, 0.717) is 41.6 Å². The molecule has 8 heteroatoms. The van der Waals surface area contributed by atoms with Crippen LogP contribution < -0.4 is 9.47 Å². The summed E-state index contributed by atoms with van der Waals surface area (Å²) >= 11 is 1.38. The zero-order chi connectivity index (χ0) is 18.3. The second-order valence-corrected chi connectivity index (χ2v) is 7.66. The molecule has 0 spiro atoms. The van der Waals surface area contributed by atoms with Crippen LogP contribution in [0.1, 0.15) is 30.3 Å². The number of aliphatic carboxylic acids is 1. The van der Waals surface area contributed by atoms with Crippen molar-refractivity contribution in [2.75, 3.05) is 19.9 Å². The van der Waals surface area contributed by atoms with E-state index in [-0.39, 0.29) is 19.2 Å². The van der Waals surface area contributed by atoms with Crippen LogP contribution in [0.4, 0.5) is 0 Å². The number of fused-ring (bicyclic) bond motifs is 1. The van der Waals surface area contributed by atoms with E-state index >= 15 is 0 Å². The minimum atomic E-state index is -0.899. The third-order valence-corrected chi connectivity index (χ3v) is 5.73. The standard InChI is InChI=1S/C18H18N2O5S/c1-18(17(22)23)5-2-6-20(9-18)16(21)12-8-26-15(19-12)11-3-4-13-14(7-11)25-10-24-13/h3-4,7-8H,2,5-6,9-10H2,1H3,(H,22,23). The maximum Gasteiger partial charge on any atom is 0.311 e. The van der Waals surface area contributed by atoms with E-state index in [0.717, 1.165) is 5.56 Å². The predicted molar refractivity (Wildman–Crippen MR) is 94.6 cm³/mol. The molecule has 1 aromatic carbocycles. The Kier molecular flexibility index (Phi) is 4.07. The van der Waals surface area contributed by atoms with E-state index in [4.69, 9.17) is 9.47 Å². The lowest BCUT2D eigenvalue weighted by Crippen LogP contribution is -2.48. The van der Waals surface area contributed by atoms with Crippen LogP contribution in [0.25, 0.3) is 10.6 Å². The maximum absolute atomic E-state index is 12.8. The van der Waals surface area contributed by atoms with Crippen molar-refractivity contribution < 1.29 is 24.2 Å². The highest BCUT2D eigenvalue weighted by atomic mass is 32.1. The fourth-order valence-corrected chi connectivity index (χ4v) is 4.07. The number of hydrogen-bond donors (Lipinski definition) is 1. The Bertz CT molecular complexity index is 880. The van der Waals surface area contributed by atoms with Gasteiger partial charge >= 0.3 is 5.97 Å². The van der Waals surface area contributed by atoms with Crippen LogP contribution in [0, 0.1) is 5.41 Å². The van der Waals surface area contributed by atoms with Gasteiger partial charge in [-0.2, -0.15) is 0 Å². The minimum absolute atomic E-state index is 0.206. The van der Waals surface area contributed by atoms with Gasteiger partial charge in [0, 0.05) is 24.0 Å². The lowest BCUT2D eigenvalue weighted by molar-refractivity contribution is -0.150. The van der Waals surface area contributed by atoms with Crippen molar-refractivity contribution in [1.82, 2.24) is 9.88 Å². The number of carboxylic acid groups (broad SMARTS) is 1. The Morgan fingerprint density at radius 3 is 2.92 bits per heavy atom. The van der Waals surface area contributed by atoms with Gasteiger partial charge in [-0.05, 0) is 38.0 Å². The van der Waals surface area contributed by atoms with E-state index in [2.05, 4.69) is 4.98 Å². The number of thiazole rings is 1. The molecule has 1 saturated heterocycles. The van der Waals surface area contributed by atoms with Gasteiger partial charge in [-0.25, -0.2) is 4.98 Å². The molecule has 0 bridgehead atoms. The lowest BCUT2D eigenvalue weighted by atomic mass is 9.82. The molecule has 136 valence electrons. The van der Waals surface area contributed by atoms with Crippen molar-refractivity contribution in [2.45, 2.75) is 19.8 Å². The van der Waals surface area contributed by atoms with Gasteiger partial charge in [-0.1, -0.05) is 0 Å². The van der Waals surface area contributed by atoms with Crippen molar-refractivity contribution in [1.29, 1.82) is 0 Å². The molecular formula is C18H18N2O5S. The van der Waals surface area contributed by atoms with Crippen LogP contribution in [0.2, 0.25) is 0 Å². The van der Waals surface area contributed by atoms with Crippen LogP contribution in [0.15, 0.2) is 23.6 Å². The fraction of sp³-hybridized carbons (Fsp3) is 0.389. The predicted octanol–water partition coefficient (Wildman–Crippen LogP) is 2.87. The molecule has 2 aromatic rings. The SMILES string of the molecule is CC1(C(=O)O)CCCN(C(=O)c2csc(-c3ccc4c(c3)OCO4)n2)C1. The van der Waals surface area contributed by atoms with Crippen molar-refractivity contribution >= 4 is 23.2 Å². The van der Waals surface area contributed by atoms with E-state index in [9.17, 15) is 14.7 Å². The number of nitrogens with zero attached hydrogens (tertiary/aromatic N) is 2. The van der Waals surface area contributed by atoms with Crippen LogP contribution in [0.5, 0.6) is 11.5 Å². The molecule has 3 heterocycles. The van der Waals surface area contributed by atoms with Gasteiger partial charge in [0.1, 0.15) is 10.7 Å². The van der Waals surface area contributed by atoms with Crippen molar-refractivity contribution in [3.8, 4) is 22.1 Å². The smallest absolute Gasteiger partial charge is 0.311 e. The number of carbonyl (C=O) groups is 2. The zero-order valence-corrected chi connectivity index (χ0v) is 15.0. The number of likely N-dealkylation sites (tertiary alicyclic amines) is 1. The highest BCUT2D eigenvalue weighted by Gasteiger charge is 2.39. The monoisotopic (exact) mass is 374 g/mol. The number of piperidine rings is 1. The van der Waals surface area contributed by atoms with E-state index < -0.39 is 11.4 Å². The van der Waals surface area contributed by atoms with Crippen LogP contribution in [-0.2, 0) is 4.79 Å². The minimum Gasteiger partial charge on any atom is -0.481 e. The molecule has 4 rings (SSSR count). The van der Waals surface area contributed by atoms with Gasteiger partial charge < -0.3 is 19.5 Å². The Hall–Kier alpha value is -2.61. The van der Waals surface area contributed by atoms with Crippen molar-refractivity contribution in [2.24, 2.45) is 5.41 Å². The average molecular weight is 374 g/mol. The number of carboxylic acids is 1. The maximum atomic E-state index is 12.8. The Morgan fingerprint density at radius 2 is 2.12 bits per heavy atom. The molecule has 1 fully saturated rings. The second kappa shape index (κ2) is 6.28. The highest BCUT2D eigenvalue weighted by Crippen LogP contribution is 2.37. The highest BCUT2D eigenvalue weighted by molar-refractivity contribution is 7.13. The number of carbonyl (C=O) groups excluding carboxylic acids is 1.